The first-order chi connectivity index (χ1) is 13.1. The summed E-state index contributed by atoms with van der Waals surface area (Å²) in [5.41, 5.74) is 0.252. The summed E-state index contributed by atoms with van der Waals surface area (Å²) in [5.74, 6) is -0.767. The van der Waals surface area contributed by atoms with E-state index >= 15 is 0 Å². The van der Waals surface area contributed by atoms with Gasteiger partial charge in [0.15, 0.2) is 0 Å². The van der Waals surface area contributed by atoms with Gasteiger partial charge in [0.1, 0.15) is 11.4 Å². The minimum Gasteiger partial charge on any atom is -0.461 e. The van der Waals surface area contributed by atoms with Crippen LogP contribution in [0.5, 0.6) is 0 Å². The lowest BCUT2D eigenvalue weighted by atomic mass is 10.00. The molecular weight excluding hydrogens is 346 g/mol. The molecule has 1 rings (SSSR count). The molecule has 6 nitrogen and oxygen atoms in total. The average Bonchev–Trinajstić information content (AvgIpc) is 2.70. The Morgan fingerprint density at radius 1 is 0.926 bits per heavy atom. The second-order valence-corrected chi connectivity index (χ2v) is 6.64. The van der Waals surface area contributed by atoms with E-state index in [0.29, 0.717) is 19.8 Å². The third-order valence-electron chi connectivity index (χ3n) is 4.29. The molecule has 0 saturated carbocycles. The predicted molar refractivity (Wildman–Crippen MR) is 104 cm³/mol. The molecule has 0 aliphatic carbocycles. The lowest BCUT2D eigenvalue weighted by Crippen LogP contribution is -2.18. The molecule has 0 N–H and O–H groups in total. The number of hydrogen-bond donors (Lipinski definition) is 0. The van der Waals surface area contributed by atoms with Crippen LogP contribution in [0.3, 0.4) is 0 Å². The molecule has 1 unspecified atom stereocenters. The maximum atomic E-state index is 12.3. The number of carbonyl (C=O) groups excluding carboxylic acids is 2. The van der Waals surface area contributed by atoms with E-state index in [-0.39, 0.29) is 17.3 Å². The van der Waals surface area contributed by atoms with Crippen molar-refractivity contribution in [3.63, 3.8) is 0 Å². The summed E-state index contributed by atoms with van der Waals surface area (Å²) in [6.45, 7) is 5.55. The maximum absolute atomic E-state index is 12.3. The minimum absolute atomic E-state index is 0.124. The van der Waals surface area contributed by atoms with E-state index in [9.17, 15) is 9.59 Å². The largest absolute Gasteiger partial charge is 0.461 e. The zero-order chi connectivity index (χ0) is 19.9. The molecule has 0 aliphatic heterocycles. The fourth-order valence-electron chi connectivity index (χ4n) is 2.61. The number of esters is 2. The van der Waals surface area contributed by atoms with Gasteiger partial charge in [-0.3, -0.25) is 0 Å². The number of carbonyl (C=O) groups is 2. The average molecular weight is 379 g/mol. The lowest BCUT2D eigenvalue weighted by Gasteiger charge is -2.16. The molecule has 0 amide bonds. The molecule has 0 radical (unpaired) electrons. The fraction of sp³-hybridized carbons (Fsp3) is 0.667. The van der Waals surface area contributed by atoms with Gasteiger partial charge in [0, 0.05) is 13.7 Å². The molecule has 0 spiro atoms. The highest BCUT2D eigenvalue weighted by molar-refractivity contribution is 5.91. The van der Waals surface area contributed by atoms with Gasteiger partial charge in [-0.1, -0.05) is 45.6 Å². The van der Waals surface area contributed by atoms with Crippen molar-refractivity contribution in [1.29, 1.82) is 0 Å². The van der Waals surface area contributed by atoms with Crippen LogP contribution < -0.4 is 0 Å². The van der Waals surface area contributed by atoms with Crippen LogP contribution in [0.1, 0.15) is 79.8 Å². The summed E-state index contributed by atoms with van der Waals surface area (Å²) in [5, 5.41) is 0. The van der Waals surface area contributed by atoms with Gasteiger partial charge in [-0.25, -0.2) is 14.6 Å². The molecule has 1 heterocycles. The molecule has 1 aromatic heterocycles. The number of nitrogens with zero attached hydrogens (tertiary/aromatic N) is 1. The number of methoxy groups -OCH3 is 1. The van der Waals surface area contributed by atoms with Crippen LogP contribution in [0.4, 0.5) is 0 Å². The Balaban J connectivity index is 2.57. The topological polar surface area (TPSA) is 74.7 Å². The molecule has 0 aromatic carbocycles. The minimum atomic E-state index is -0.519. The lowest BCUT2D eigenvalue weighted by molar-refractivity contribution is 0.0392. The Hall–Kier alpha value is -1.95. The quantitative estimate of drug-likeness (QED) is 0.352. The first-order valence-corrected chi connectivity index (χ1v) is 9.92. The summed E-state index contributed by atoms with van der Waals surface area (Å²) in [6, 6.07) is 4.71. The Labute approximate surface area is 162 Å². The Bertz CT molecular complexity index is 553. The summed E-state index contributed by atoms with van der Waals surface area (Å²) < 4.78 is 15.7. The van der Waals surface area contributed by atoms with Crippen LogP contribution >= 0.6 is 0 Å². The highest BCUT2D eigenvalue weighted by Gasteiger charge is 2.17. The second kappa shape index (κ2) is 14.2. The Kier molecular flexibility index (Phi) is 12.1. The van der Waals surface area contributed by atoms with E-state index < -0.39 is 11.9 Å². The Morgan fingerprint density at radius 2 is 1.59 bits per heavy atom. The number of aromatic nitrogens is 1. The molecular formula is C21H33NO5. The van der Waals surface area contributed by atoms with Gasteiger partial charge in [-0.05, 0) is 37.3 Å². The molecule has 0 fully saturated rings. The molecule has 1 atom stereocenters. The molecule has 0 bridgehead atoms. The standard InChI is InChI=1S/C21H33NO5/c1-4-6-8-14-26-20(23)18-11-9-12-19(22-18)21(24)27-16-17(10-7-5-2)13-15-25-3/h9,11-12,17H,4-8,10,13-16H2,1-3H3. The van der Waals surface area contributed by atoms with Crippen LogP contribution in [-0.4, -0.2) is 43.9 Å². The SMILES string of the molecule is CCCCCOC(=O)c1cccc(C(=O)OCC(CCCC)CCOC)n1. The molecule has 27 heavy (non-hydrogen) atoms. The van der Waals surface area contributed by atoms with Gasteiger partial charge in [0.2, 0.25) is 0 Å². The predicted octanol–water partition coefficient (Wildman–Crippen LogP) is 4.43. The zero-order valence-electron chi connectivity index (χ0n) is 16.9. The second-order valence-electron chi connectivity index (χ2n) is 6.64. The van der Waals surface area contributed by atoms with Crippen molar-refractivity contribution in [3.05, 3.63) is 29.6 Å². The molecule has 0 aliphatic rings. The van der Waals surface area contributed by atoms with Gasteiger partial charge in [-0.15, -0.1) is 0 Å². The fourth-order valence-corrected chi connectivity index (χ4v) is 2.61. The number of pyridine rings is 1. The van der Waals surface area contributed by atoms with Crippen molar-refractivity contribution < 1.29 is 23.8 Å². The Morgan fingerprint density at radius 3 is 2.22 bits per heavy atom. The van der Waals surface area contributed by atoms with Gasteiger partial charge in [0.25, 0.3) is 0 Å². The van der Waals surface area contributed by atoms with Crippen molar-refractivity contribution in [2.45, 2.75) is 58.8 Å². The summed E-state index contributed by atoms with van der Waals surface area (Å²) in [6.07, 6.45) is 6.91. The normalized spacial score (nSPS) is 11.8. The van der Waals surface area contributed by atoms with Crippen LogP contribution in [0.2, 0.25) is 0 Å². The van der Waals surface area contributed by atoms with Crippen molar-refractivity contribution >= 4 is 11.9 Å². The highest BCUT2D eigenvalue weighted by atomic mass is 16.5. The van der Waals surface area contributed by atoms with Crippen molar-refractivity contribution in [2.24, 2.45) is 5.92 Å². The first kappa shape index (κ1) is 23.1. The van der Waals surface area contributed by atoms with E-state index in [1.165, 1.54) is 0 Å². The van der Waals surface area contributed by atoms with E-state index in [1.54, 1.807) is 25.3 Å². The molecule has 1 aromatic rings. The zero-order valence-corrected chi connectivity index (χ0v) is 16.9. The van der Waals surface area contributed by atoms with E-state index in [2.05, 4.69) is 18.8 Å². The molecule has 0 saturated heterocycles. The number of rotatable bonds is 14. The maximum Gasteiger partial charge on any atom is 0.356 e. The van der Waals surface area contributed by atoms with Crippen LogP contribution in [0.15, 0.2) is 18.2 Å². The summed E-state index contributed by atoms with van der Waals surface area (Å²) in [4.78, 5) is 28.4. The van der Waals surface area contributed by atoms with E-state index in [1.807, 2.05) is 0 Å². The van der Waals surface area contributed by atoms with Gasteiger partial charge in [0.05, 0.1) is 13.2 Å². The van der Waals surface area contributed by atoms with Crippen LogP contribution in [0, 0.1) is 5.92 Å². The van der Waals surface area contributed by atoms with Crippen LogP contribution in [-0.2, 0) is 14.2 Å². The third kappa shape index (κ3) is 9.52. The van der Waals surface area contributed by atoms with Crippen molar-refractivity contribution in [2.75, 3.05) is 26.9 Å². The number of unbranched alkanes of at least 4 members (excludes halogenated alkanes) is 3. The highest BCUT2D eigenvalue weighted by Crippen LogP contribution is 2.14. The summed E-state index contributed by atoms with van der Waals surface area (Å²) >= 11 is 0. The smallest absolute Gasteiger partial charge is 0.356 e. The van der Waals surface area contributed by atoms with Gasteiger partial charge < -0.3 is 14.2 Å². The molecule has 152 valence electrons. The van der Waals surface area contributed by atoms with Crippen LogP contribution in [0.25, 0.3) is 0 Å². The first-order valence-electron chi connectivity index (χ1n) is 9.92. The monoisotopic (exact) mass is 379 g/mol. The van der Waals surface area contributed by atoms with Crippen molar-refractivity contribution in [1.82, 2.24) is 4.98 Å². The summed E-state index contributed by atoms with van der Waals surface area (Å²) in [7, 11) is 1.67. The van der Waals surface area contributed by atoms with Crippen molar-refractivity contribution in [3.8, 4) is 0 Å². The third-order valence-corrected chi connectivity index (χ3v) is 4.29. The van der Waals surface area contributed by atoms with E-state index in [4.69, 9.17) is 14.2 Å². The molecule has 6 heteroatoms. The van der Waals surface area contributed by atoms with E-state index in [0.717, 1.165) is 44.9 Å². The number of ether oxygens (including phenoxy) is 3. The van der Waals surface area contributed by atoms with Gasteiger partial charge >= 0.3 is 11.9 Å². The number of hydrogen-bond acceptors (Lipinski definition) is 6. The van der Waals surface area contributed by atoms with Gasteiger partial charge in [-0.2, -0.15) is 0 Å².